The van der Waals surface area contributed by atoms with Crippen molar-refractivity contribution < 1.29 is 0 Å². The molecule has 1 aromatic heterocycles. The van der Waals surface area contributed by atoms with Gasteiger partial charge in [0.25, 0.3) is 0 Å². The van der Waals surface area contributed by atoms with Crippen LogP contribution in [0.3, 0.4) is 0 Å². The largest absolute Gasteiger partial charge is 0.320 e. The Morgan fingerprint density at radius 1 is 1.33 bits per heavy atom. The molecule has 2 N–H and O–H groups in total. The molecule has 0 unspecified atom stereocenters. The molecule has 0 saturated carbocycles. The highest BCUT2D eigenvalue weighted by Crippen LogP contribution is 2.17. The lowest BCUT2D eigenvalue weighted by atomic mass is 10.4. The summed E-state index contributed by atoms with van der Waals surface area (Å²) in [5.41, 5.74) is 5.33. The first-order valence-corrected chi connectivity index (χ1v) is 6.11. The smallest absolute Gasteiger partial charge is 0.0772 e. The van der Waals surface area contributed by atoms with Crippen molar-refractivity contribution >= 4 is 11.3 Å². The van der Waals surface area contributed by atoms with Crippen molar-refractivity contribution in [3.8, 4) is 11.8 Å². The Morgan fingerprint density at radius 3 is 2.67 bits per heavy atom. The average molecular weight is 222 g/mol. The maximum Gasteiger partial charge on any atom is 0.0772 e. The lowest BCUT2D eigenvalue weighted by molar-refractivity contribution is 0.298. The summed E-state index contributed by atoms with van der Waals surface area (Å²) < 4.78 is 0. The van der Waals surface area contributed by atoms with Gasteiger partial charge in [0, 0.05) is 11.4 Å². The predicted molar refractivity (Wildman–Crippen MR) is 66.9 cm³/mol. The van der Waals surface area contributed by atoms with Gasteiger partial charge in [-0.1, -0.05) is 25.7 Å². The van der Waals surface area contributed by atoms with Crippen LogP contribution in [0.1, 0.15) is 23.6 Å². The number of rotatable bonds is 4. The summed E-state index contributed by atoms with van der Waals surface area (Å²) in [6.07, 6.45) is 0. The molecule has 0 aliphatic rings. The summed E-state index contributed by atoms with van der Waals surface area (Å²) in [7, 11) is 0. The van der Waals surface area contributed by atoms with Crippen LogP contribution in [0.15, 0.2) is 12.1 Å². The Bertz CT molecular complexity index is 342. The molecule has 82 valence electrons. The second-order valence-electron chi connectivity index (χ2n) is 3.23. The Labute approximate surface area is 96.1 Å². The van der Waals surface area contributed by atoms with Crippen molar-refractivity contribution in [2.45, 2.75) is 20.4 Å². The van der Waals surface area contributed by atoms with E-state index in [-0.39, 0.29) is 0 Å². The minimum atomic E-state index is 0.434. The lowest BCUT2D eigenvalue weighted by Gasteiger charge is -2.16. The maximum absolute atomic E-state index is 5.33. The van der Waals surface area contributed by atoms with Gasteiger partial charge in [0.05, 0.1) is 11.4 Å². The van der Waals surface area contributed by atoms with Crippen LogP contribution in [0.2, 0.25) is 0 Å². The van der Waals surface area contributed by atoms with Crippen LogP contribution in [0.4, 0.5) is 0 Å². The molecule has 0 aromatic carbocycles. The highest BCUT2D eigenvalue weighted by molar-refractivity contribution is 7.12. The molecule has 0 aliphatic carbocycles. The second kappa shape index (κ2) is 6.62. The third-order valence-electron chi connectivity index (χ3n) is 2.25. The minimum Gasteiger partial charge on any atom is -0.320 e. The summed E-state index contributed by atoms with van der Waals surface area (Å²) >= 11 is 1.76. The van der Waals surface area contributed by atoms with Gasteiger partial charge in [-0.2, -0.15) is 0 Å². The van der Waals surface area contributed by atoms with Gasteiger partial charge in [-0.15, -0.1) is 11.3 Å². The van der Waals surface area contributed by atoms with Crippen LogP contribution < -0.4 is 5.73 Å². The fraction of sp³-hybridized carbons (Fsp3) is 0.500. The molecule has 1 rings (SSSR count). The first-order valence-electron chi connectivity index (χ1n) is 5.30. The zero-order valence-electron chi connectivity index (χ0n) is 9.42. The first kappa shape index (κ1) is 12.3. The summed E-state index contributed by atoms with van der Waals surface area (Å²) in [6, 6.07) is 4.23. The van der Waals surface area contributed by atoms with Crippen molar-refractivity contribution in [2.24, 2.45) is 5.73 Å². The fourth-order valence-electron chi connectivity index (χ4n) is 1.34. The highest BCUT2D eigenvalue weighted by Gasteiger charge is 2.03. The van der Waals surface area contributed by atoms with Gasteiger partial charge in [0.1, 0.15) is 0 Å². The van der Waals surface area contributed by atoms with Crippen LogP contribution in [0.5, 0.6) is 0 Å². The van der Waals surface area contributed by atoms with Crippen LogP contribution in [-0.2, 0) is 6.54 Å². The second-order valence-corrected chi connectivity index (χ2v) is 4.40. The predicted octanol–water partition coefficient (Wildman–Crippen LogP) is 1.90. The zero-order valence-corrected chi connectivity index (χ0v) is 10.2. The minimum absolute atomic E-state index is 0.434. The maximum atomic E-state index is 5.33. The van der Waals surface area contributed by atoms with Crippen LogP contribution >= 0.6 is 11.3 Å². The SMILES string of the molecule is CCN(CC)Cc1ccc(C#CCN)s1. The van der Waals surface area contributed by atoms with E-state index in [9.17, 15) is 0 Å². The molecule has 15 heavy (non-hydrogen) atoms. The van der Waals surface area contributed by atoms with Crippen LogP contribution in [-0.4, -0.2) is 24.5 Å². The molecule has 0 atom stereocenters. The van der Waals surface area contributed by atoms with Crippen molar-refractivity contribution in [1.29, 1.82) is 0 Å². The van der Waals surface area contributed by atoms with Crippen LogP contribution in [0, 0.1) is 11.8 Å². The van der Waals surface area contributed by atoms with E-state index in [0.717, 1.165) is 24.5 Å². The number of thiophene rings is 1. The normalized spacial score (nSPS) is 10.1. The molecule has 0 fully saturated rings. The molecule has 0 bridgehead atoms. The summed E-state index contributed by atoms with van der Waals surface area (Å²) in [4.78, 5) is 4.88. The van der Waals surface area contributed by atoms with Crippen molar-refractivity contribution in [3.63, 3.8) is 0 Å². The quantitative estimate of drug-likeness (QED) is 0.788. The molecule has 0 spiro atoms. The standard InChI is InChI=1S/C12H18N2S/c1-3-14(4-2)10-12-8-7-11(15-12)6-5-9-13/h7-8H,3-4,9-10,13H2,1-2H3. The van der Waals surface area contributed by atoms with Gasteiger partial charge in [0.2, 0.25) is 0 Å². The van der Waals surface area contributed by atoms with Crippen molar-refractivity contribution in [3.05, 3.63) is 21.9 Å². The van der Waals surface area contributed by atoms with Gasteiger partial charge in [-0.25, -0.2) is 0 Å². The molecule has 1 aromatic rings. The topological polar surface area (TPSA) is 29.3 Å². The van der Waals surface area contributed by atoms with Crippen LogP contribution in [0.25, 0.3) is 0 Å². The molecular weight excluding hydrogens is 204 g/mol. The third kappa shape index (κ3) is 4.05. The first-order chi connectivity index (χ1) is 7.30. The number of nitrogens with zero attached hydrogens (tertiary/aromatic N) is 1. The van der Waals surface area contributed by atoms with E-state index in [1.807, 2.05) is 0 Å². The molecule has 3 heteroatoms. The van der Waals surface area contributed by atoms with Gasteiger partial charge in [0.15, 0.2) is 0 Å². The van der Waals surface area contributed by atoms with E-state index in [0.29, 0.717) is 6.54 Å². The van der Waals surface area contributed by atoms with Gasteiger partial charge < -0.3 is 5.73 Å². The summed E-state index contributed by atoms with van der Waals surface area (Å²) in [5, 5.41) is 0. The van der Waals surface area contributed by atoms with E-state index in [2.05, 4.69) is 42.7 Å². The Morgan fingerprint density at radius 2 is 2.07 bits per heavy atom. The Hall–Kier alpha value is -0.820. The molecule has 0 amide bonds. The van der Waals surface area contributed by atoms with Crippen molar-refractivity contribution in [2.75, 3.05) is 19.6 Å². The number of hydrogen-bond acceptors (Lipinski definition) is 3. The van der Waals surface area contributed by atoms with Crippen molar-refractivity contribution in [1.82, 2.24) is 4.90 Å². The van der Waals surface area contributed by atoms with Gasteiger partial charge in [-0.3, -0.25) is 4.90 Å². The molecule has 2 nitrogen and oxygen atoms in total. The Kier molecular flexibility index (Phi) is 5.41. The average Bonchev–Trinajstić information content (AvgIpc) is 2.70. The van der Waals surface area contributed by atoms with E-state index in [4.69, 9.17) is 5.73 Å². The highest BCUT2D eigenvalue weighted by atomic mass is 32.1. The molecule has 0 radical (unpaired) electrons. The third-order valence-corrected chi connectivity index (χ3v) is 3.23. The fourth-order valence-corrected chi connectivity index (χ4v) is 2.26. The van der Waals surface area contributed by atoms with E-state index >= 15 is 0 Å². The lowest BCUT2D eigenvalue weighted by Crippen LogP contribution is -2.21. The number of hydrogen-bond donors (Lipinski definition) is 1. The molecule has 0 saturated heterocycles. The Balaban J connectivity index is 2.59. The molecule has 0 aliphatic heterocycles. The summed E-state index contributed by atoms with van der Waals surface area (Å²) in [6.45, 7) is 8.03. The van der Waals surface area contributed by atoms with Gasteiger partial charge >= 0.3 is 0 Å². The monoisotopic (exact) mass is 222 g/mol. The molecule has 1 heterocycles. The van der Waals surface area contributed by atoms with E-state index < -0.39 is 0 Å². The van der Waals surface area contributed by atoms with E-state index in [1.165, 1.54) is 4.88 Å². The molecular formula is C12H18N2S. The number of nitrogens with two attached hydrogens (primary N) is 1. The summed E-state index contributed by atoms with van der Waals surface area (Å²) in [5.74, 6) is 5.93. The van der Waals surface area contributed by atoms with E-state index in [1.54, 1.807) is 11.3 Å². The zero-order chi connectivity index (χ0) is 11.1. The van der Waals surface area contributed by atoms with Gasteiger partial charge in [-0.05, 0) is 25.2 Å².